The van der Waals surface area contributed by atoms with Crippen LogP contribution in [0.3, 0.4) is 0 Å². The fourth-order valence-electron chi connectivity index (χ4n) is 3.42. The van der Waals surface area contributed by atoms with E-state index in [1.54, 1.807) is 4.90 Å². The number of carbonyl (C=O) groups is 1. The molecule has 6 nitrogen and oxygen atoms in total. The normalized spacial score (nSPS) is 17.6. The molecule has 150 valence electrons. The van der Waals surface area contributed by atoms with Crippen LogP contribution in [0.15, 0.2) is 30.5 Å². The van der Waals surface area contributed by atoms with Gasteiger partial charge in [0, 0.05) is 37.9 Å². The van der Waals surface area contributed by atoms with Crippen LogP contribution in [0.2, 0.25) is 0 Å². The average Bonchev–Trinajstić information content (AvgIpc) is 2.68. The van der Waals surface area contributed by atoms with E-state index in [0.29, 0.717) is 29.9 Å². The van der Waals surface area contributed by atoms with Crippen molar-refractivity contribution >= 4 is 11.9 Å². The molecule has 2 aromatic rings. The largest absolute Gasteiger partial charge is 0.416 e. The number of rotatable bonds is 4. The minimum atomic E-state index is -4.40. The van der Waals surface area contributed by atoms with Crippen LogP contribution >= 0.6 is 0 Å². The number of nitrogens with zero attached hydrogens (tertiary/aromatic N) is 3. The molecule has 0 radical (unpaired) electrons. The molecule has 2 N–H and O–H groups in total. The third kappa shape index (κ3) is 4.41. The van der Waals surface area contributed by atoms with Crippen molar-refractivity contribution in [3.63, 3.8) is 0 Å². The molecule has 3 rings (SSSR count). The van der Waals surface area contributed by atoms with Crippen molar-refractivity contribution in [3.8, 4) is 11.1 Å². The van der Waals surface area contributed by atoms with Crippen LogP contribution in [-0.4, -0.2) is 47.6 Å². The first kappa shape index (κ1) is 20.1. The Morgan fingerprint density at radius 3 is 2.68 bits per heavy atom. The van der Waals surface area contributed by atoms with Gasteiger partial charge in [0.25, 0.3) is 0 Å². The van der Waals surface area contributed by atoms with E-state index >= 15 is 0 Å². The number of carbonyl (C=O) groups excluding carboxylic acids is 1. The van der Waals surface area contributed by atoms with Crippen molar-refractivity contribution in [3.05, 3.63) is 41.7 Å². The van der Waals surface area contributed by atoms with Crippen LogP contribution < -0.4 is 5.73 Å². The second kappa shape index (κ2) is 8.14. The summed E-state index contributed by atoms with van der Waals surface area (Å²) < 4.78 is 43.4. The van der Waals surface area contributed by atoms with Crippen molar-refractivity contribution in [2.24, 2.45) is 0 Å². The molecule has 1 fully saturated rings. The Labute approximate surface area is 160 Å². The van der Waals surface area contributed by atoms with Crippen molar-refractivity contribution < 1.29 is 22.7 Å². The summed E-state index contributed by atoms with van der Waals surface area (Å²) >= 11 is 0. The van der Waals surface area contributed by atoms with Crippen molar-refractivity contribution in [2.45, 2.75) is 24.9 Å². The lowest BCUT2D eigenvalue weighted by molar-refractivity contribution is -0.137. The molecule has 1 amide bonds. The van der Waals surface area contributed by atoms with Gasteiger partial charge in [0.1, 0.15) is 6.61 Å². The number of hydrogen-bond acceptors (Lipinski definition) is 5. The number of alkyl halides is 3. The molecule has 1 aliphatic heterocycles. The van der Waals surface area contributed by atoms with Crippen LogP contribution in [-0.2, 0) is 15.7 Å². The van der Waals surface area contributed by atoms with E-state index in [1.165, 1.54) is 25.4 Å². The number of hydrogen-bond donors (Lipinski definition) is 1. The second-order valence-corrected chi connectivity index (χ2v) is 6.71. The highest BCUT2D eigenvalue weighted by Gasteiger charge is 2.31. The SMILES string of the molecule is COCC(=O)N1CCCC(c2nc(N)ncc2-c2ccc(C(F)(F)F)cc2)C1. The van der Waals surface area contributed by atoms with Crippen LogP contribution in [0, 0.1) is 0 Å². The summed E-state index contributed by atoms with van der Waals surface area (Å²) in [5.41, 5.74) is 6.88. The Balaban J connectivity index is 1.92. The number of halogens is 3. The summed E-state index contributed by atoms with van der Waals surface area (Å²) in [5, 5.41) is 0. The van der Waals surface area contributed by atoms with Crippen molar-refractivity contribution in [1.29, 1.82) is 0 Å². The number of piperidine rings is 1. The molecule has 0 aliphatic carbocycles. The van der Waals surface area contributed by atoms with Gasteiger partial charge in [-0.3, -0.25) is 4.79 Å². The number of methoxy groups -OCH3 is 1. The summed E-state index contributed by atoms with van der Waals surface area (Å²) in [5.74, 6) is -0.103. The van der Waals surface area contributed by atoms with Gasteiger partial charge >= 0.3 is 6.18 Å². The summed E-state index contributed by atoms with van der Waals surface area (Å²) in [6, 6.07) is 4.87. The van der Waals surface area contributed by atoms with E-state index in [-0.39, 0.29) is 24.4 Å². The molecule has 1 saturated heterocycles. The average molecular weight is 394 g/mol. The van der Waals surface area contributed by atoms with Crippen LogP contribution in [0.1, 0.15) is 30.0 Å². The molecule has 1 aromatic carbocycles. The minimum absolute atomic E-state index is 0.00436. The Kier molecular flexibility index (Phi) is 5.83. The zero-order valence-corrected chi connectivity index (χ0v) is 15.4. The van der Waals surface area contributed by atoms with Gasteiger partial charge < -0.3 is 15.4 Å². The maximum absolute atomic E-state index is 12.8. The zero-order chi connectivity index (χ0) is 20.3. The Morgan fingerprint density at radius 2 is 2.04 bits per heavy atom. The number of anilines is 1. The van der Waals surface area contributed by atoms with Gasteiger partial charge in [-0.2, -0.15) is 13.2 Å². The van der Waals surface area contributed by atoms with E-state index < -0.39 is 11.7 Å². The number of aromatic nitrogens is 2. The molecule has 1 aliphatic rings. The molecule has 0 saturated carbocycles. The van der Waals surface area contributed by atoms with Crippen LogP contribution in [0.4, 0.5) is 19.1 Å². The highest BCUT2D eigenvalue weighted by atomic mass is 19.4. The molecule has 2 heterocycles. The van der Waals surface area contributed by atoms with Crippen molar-refractivity contribution in [1.82, 2.24) is 14.9 Å². The van der Waals surface area contributed by atoms with E-state index in [0.717, 1.165) is 25.0 Å². The van der Waals surface area contributed by atoms with Gasteiger partial charge in [-0.25, -0.2) is 9.97 Å². The number of likely N-dealkylation sites (tertiary alicyclic amines) is 1. The van der Waals surface area contributed by atoms with Gasteiger partial charge in [-0.1, -0.05) is 12.1 Å². The van der Waals surface area contributed by atoms with Gasteiger partial charge in [-0.15, -0.1) is 0 Å². The molecular weight excluding hydrogens is 373 g/mol. The van der Waals surface area contributed by atoms with Gasteiger partial charge in [-0.05, 0) is 30.5 Å². The fourth-order valence-corrected chi connectivity index (χ4v) is 3.42. The lowest BCUT2D eigenvalue weighted by Gasteiger charge is -2.33. The third-order valence-electron chi connectivity index (χ3n) is 4.79. The predicted molar refractivity (Wildman–Crippen MR) is 97.3 cm³/mol. The molecule has 9 heteroatoms. The third-order valence-corrected chi connectivity index (χ3v) is 4.79. The Hall–Kier alpha value is -2.68. The quantitative estimate of drug-likeness (QED) is 0.862. The molecule has 1 unspecified atom stereocenters. The molecule has 1 aromatic heterocycles. The molecule has 28 heavy (non-hydrogen) atoms. The van der Waals surface area contributed by atoms with Crippen molar-refractivity contribution in [2.75, 3.05) is 32.5 Å². The summed E-state index contributed by atoms with van der Waals surface area (Å²) in [4.78, 5) is 22.2. The first-order valence-corrected chi connectivity index (χ1v) is 8.86. The molecule has 0 spiro atoms. The molecular formula is C19H21F3N4O2. The molecule has 1 atom stereocenters. The van der Waals surface area contributed by atoms with Crippen LogP contribution in [0.25, 0.3) is 11.1 Å². The van der Waals surface area contributed by atoms with E-state index in [2.05, 4.69) is 9.97 Å². The first-order chi connectivity index (χ1) is 13.3. The highest BCUT2D eigenvalue weighted by Crippen LogP contribution is 2.35. The Morgan fingerprint density at radius 1 is 1.32 bits per heavy atom. The number of nitrogen functional groups attached to an aromatic ring is 1. The minimum Gasteiger partial charge on any atom is -0.375 e. The lowest BCUT2D eigenvalue weighted by atomic mass is 9.89. The summed E-state index contributed by atoms with van der Waals surface area (Å²) in [7, 11) is 1.47. The highest BCUT2D eigenvalue weighted by molar-refractivity contribution is 5.77. The summed E-state index contributed by atoms with van der Waals surface area (Å²) in [6.07, 6.45) is -1.29. The maximum atomic E-state index is 12.8. The number of nitrogens with two attached hydrogens (primary N) is 1. The fraction of sp³-hybridized carbons (Fsp3) is 0.421. The standard InChI is InChI=1S/C19H21F3N4O2/c1-28-11-16(27)26-8-2-3-13(10-26)17-15(9-24-18(23)25-17)12-4-6-14(7-5-12)19(20,21)22/h4-7,9,13H,2-3,8,10-11H2,1H3,(H2,23,24,25). The zero-order valence-electron chi connectivity index (χ0n) is 15.4. The van der Waals surface area contributed by atoms with Gasteiger partial charge in [0.15, 0.2) is 0 Å². The topological polar surface area (TPSA) is 81.3 Å². The van der Waals surface area contributed by atoms with E-state index in [9.17, 15) is 18.0 Å². The number of amides is 1. The van der Waals surface area contributed by atoms with Crippen LogP contribution in [0.5, 0.6) is 0 Å². The summed E-state index contributed by atoms with van der Waals surface area (Å²) in [6.45, 7) is 1.09. The smallest absolute Gasteiger partial charge is 0.375 e. The number of benzene rings is 1. The van der Waals surface area contributed by atoms with Gasteiger partial charge in [0.2, 0.25) is 11.9 Å². The first-order valence-electron chi connectivity index (χ1n) is 8.86. The predicted octanol–water partition coefficient (Wildman–Crippen LogP) is 3.10. The molecule has 0 bridgehead atoms. The second-order valence-electron chi connectivity index (χ2n) is 6.71. The maximum Gasteiger partial charge on any atom is 0.416 e. The number of ether oxygens (including phenoxy) is 1. The van der Waals surface area contributed by atoms with Gasteiger partial charge in [0.05, 0.1) is 11.3 Å². The Bertz CT molecular complexity index is 840. The monoisotopic (exact) mass is 394 g/mol. The lowest BCUT2D eigenvalue weighted by Crippen LogP contribution is -2.41. The van der Waals surface area contributed by atoms with E-state index in [1.807, 2.05) is 0 Å². The van der Waals surface area contributed by atoms with E-state index in [4.69, 9.17) is 10.5 Å².